The van der Waals surface area contributed by atoms with E-state index in [0.717, 1.165) is 54.2 Å². The highest BCUT2D eigenvalue weighted by Crippen LogP contribution is 2.31. The second-order valence-electron chi connectivity index (χ2n) is 8.55. The van der Waals surface area contributed by atoms with E-state index in [1.165, 1.54) is 23.3 Å². The smallest absolute Gasteiger partial charge is 0.140 e. The van der Waals surface area contributed by atoms with Gasteiger partial charge in [0.25, 0.3) is 0 Å². The summed E-state index contributed by atoms with van der Waals surface area (Å²) in [7, 11) is 0. The molecular formula is C26H24FN5O. The Morgan fingerprint density at radius 1 is 0.939 bits per heavy atom. The fourth-order valence-corrected chi connectivity index (χ4v) is 4.79. The predicted molar refractivity (Wildman–Crippen MR) is 126 cm³/mol. The normalized spacial score (nSPS) is 18.4. The zero-order valence-corrected chi connectivity index (χ0v) is 18.2. The van der Waals surface area contributed by atoms with E-state index in [4.69, 9.17) is 9.72 Å². The summed E-state index contributed by atoms with van der Waals surface area (Å²) in [5.41, 5.74) is 5.36. The highest BCUT2D eigenvalue weighted by atomic mass is 19.1. The molecule has 4 aromatic rings. The molecule has 166 valence electrons. The lowest BCUT2D eigenvalue weighted by atomic mass is 10.0. The number of fused-ring (bicyclic) bond motifs is 2. The van der Waals surface area contributed by atoms with Gasteiger partial charge in [0.05, 0.1) is 24.0 Å². The monoisotopic (exact) mass is 441 g/mol. The second-order valence-corrected chi connectivity index (χ2v) is 8.55. The first-order valence-electron chi connectivity index (χ1n) is 11.3. The molecule has 0 aliphatic carbocycles. The Hall–Kier alpha value is -3.58. The molecule has 1 fully saturated rings. The minimum absolute atomic E-state index is 0.0507. The number of ether oxygens (including phenoxy) is 1. The number of rotatable bonds is 3. The van der Waals surface area contributed by atoms with Gasteiger partial charge in [0.2, 0.25) is 0 Å². The van der Waals surface area contributed by atoms with Crippen molar-refractivity contribution < 1.29 is 9.13 Å². The van der Waals surface area contributed by atoms with E-state index < -0.39 is 0 Å². The van der Waals surface area contributed by atoms with E-state index in [-0.39, 0.29) is 11.9 Å². The molecule has 1 atom stereocenters. The van der Waals surface area contributed by atoms with Crippen LogP contribution in [0.15, 0.2) is 67.1 Å². The van der Waals surface area contributed by atoms with Gasteiger partial charge in [0, 0.05) is 43.7 Å². The maximum absolute atomic E-state index is 13.9. The molecular weight excluding hydrogens is 417 g/mol. The quantitative estimate of drug-likeness (QED) is 0.472. The van der Waals surface area contributed by atoms with Crippen LogP contribution in [0, 0.1) is 5.82 Å². The number of halogens is 1. The first kappa shape index (κ1) is 20.1. The highest BCUT2D eigenvalue weighted by molar-refractivity contribution is 5.89. The Morgan fingerprint density at radius 2 is 1.85 bits per heavy atom. The largest absolute Gasteiger partial charge is 0.370 e. The fraction of sp³-hybridized carbons (Fsp3) is 0.269. The van der Waals surface area contributed by atoms with E-state index in [1.807, 2.05) is 12.3 Å². The molecule has 6 rings (SSSR count). The van der Waals surface area contributed by atoms with Crippen LogP contribution >= 0.6 is 0 Å². The molecule has 2 aromatic heterocycles. The summed E-state index contributed by atoms with van der Waals surface area (Å²) in [6, 6.07) is 17.3. The molecule has 6 nitrogen and oxygen atoms in total. The third-order valence-corrected chi connectivity index (χ3v) is 6.50. The maximum Gasteiger partial charge on any atom is 0.140 e. The Kier molecular flexibility index (Phi) is 5.11. The number of anilines is 2. The molecule has 1 saturated heterocycles. The highest BCUT2D eigenvalue weighted by Gasteiger charge is 2.25. The van der Waals surface area contributed by atoms with Gasteiger partial charge in [-0.2, -0.15) is 0 Å². The molecule has 4 heterocycles. The van der Waals surface area contributed by atoms with Crippen molar-refractivity contribution in [1.82, 2.24) is 15.0 Å². The standard InChI is InChI=1S/C26H24FN5O/c27-20-6-7-24-22(13-20)26(30-17-29-24)32-9-8-23-19(15-32)12-21(14-28-23)31-10-11-33-25(16-31)18-4-2-1-3-5-18/h1-7,12-14,17,25H,8-11,15-16H2/t25-/m0/s1. The number of benzene rings is 2. The van der Waals surface area contributed by atoms with Crippen molar-refractivity contribution in [2.24, 2.45) is 0 Å². The topological polar surface area (TPSA) is 54.4 Å². The zero-order valence-electron chi connectivity index (χ0n) is 18.2. The molecule has 2 aromatic carbocycles. The average molecular weight is 442 g/mol. The van der Waals surface area contributed by atoms with Gasteiger partial charge >= 0.3 is 0 Å². The second kappa shape index (κ2) is 8.41. The summed E-state index contributed by atoms with van der Waals surface area (Å²) >= 11 is 0. The van der Waals surface area contributed by atoms with Crippen molar-refractivity contribution in [3.63, 3.8) is 0 Å². The van der Waals surface area contributed by atoms with Crippen LogP contribution in [0.5, 0.6) is 0 Å². The summed E-state index contributed by atoms with van der Waals surface area (Å²) in [6.45, 7) is 3.79. The summed E-state index contributed by atoms with van der Waals surface area (Å²) < 4.78 is 20.0. The van der Waals surface area contributed by atoms with Crippen molar-refractivity contribution in [2.45, 2.75) is 19.1 Å². The molecule has 0 bridgehead atoms. The van der Waals surface area contributed by atoms with E-state index in [1.54, 1.807) is 12.4 Å². The number of hydrogen-bond acceptors (Lipinski definition) is 6. The molecule has 0 saturated carbocycles. The van der Waals surface area contributed by atoms with E-state index >= 15 is 0 Å². The van der Waals surface area contributed by atoms with Gasteiger partial charge in [-0.3, -0.25) is 4.98 Å². The van der Waals surface area contributed by atoms with Crippen molar-refractivity contribution in [1.29, 1.82) is 0 Å². The summed E-state index contributed by atoms with van der Waals surface area (Å²) in [5.74, 6) is 0.492. The van der Waals surface area contributed by atoms with Crippen molar-refractivity contribution in [3.05, 3.63) is 89.8 Å². The molecule has 2 aliphatic rings. The Morgan fingerprint density at radius 3 is 2.76 bits per heavy atom. The van der Waals surface area contributed by atoms with Crippen LogP contribution in [0.4, 0.5) is 15.9 Å². The minimum Gasteiger partial charge on any atom is -0.370 e. The third-order valence-electron chi connectivity index (χ3n) is 6.50. The molecule has 0 spiro atoms. The molecule has 7 heteroatoms. The number of morpholine rings is 1. The minimum atomic E-state index is -0.278. The van der Waals surface area contributed by atoms with E-state index in [9.17, 15) is 4.39 Å². The van der Waals surface area contributed by atoms with Gasteiger partial charge in [-0.25, -0.2) is 14.4 Å². The molecule has 2 aliphatic heterocycles. The van der Waals surface area contributed by atoms with Crippen LogP contribution in [0.1, 0.15) is 22.9 Å². The van der Waals surface area contributed by atoms with Crippen molar-refractivity contribution in [2.75, 3.05) is 36.0 Å². The number of nitrogens with zero attached hydrogens (tertiary/aromatic N) is 5. The van der Waals surface area contributed by atoms with E-state index in [2.05, 4.69) is 50.1 Å². The van der Waals surface area contributed by atoms with Crippen LogP contribution in [0.2, 0.25) is 0 Å². The van der Waals surface area contributed by atoms with Gasteiger partial charge in [-0.15, -0.1) is 0 Å². The van der Waals surface area contributed by atoms with Gasteiger partial charge < -0.3 is 14.5 Å². The summed E-state index contributed by atoms with van der Waals surface area (Å²) in [4.78, 5) is 18.1. The van der Waals surface area contributed by atoms with Crippen LogP contribution in [-0.2, 0) is 17.7 Å². The van der Waals surface area contributed by atoms with Crippen LogP contribution < -0.4 is 9.80 Å². The summed E-state index contributed by atoms with van der Waals surface area (Å²) in [6.07, 6.45) is 4.41. The SMILES string of the molecule is Fc1ccc2ncnc(N3CCc4ncc(N5CCO[C@H](c6ccccc6)C5)cc4C3)c2c1. The van der Waals surface area contributed by atoms with Gasteiger partial charge in [0.1, 0.15) is 24.1 Å². The lowest BCUT2D eigenvalue weighted by Gasteiger charge is -2.36. The number of pyridine rings is 1. The van der Waals surface area contributed by atoms with Gasteiger partial charge in [-0.05, 0) is 35.4 Å². The fourth-order valence-electron chi connectivity index (χ4n) is 4.79. The van der Waals surface area contributed by atoms with Crippen LogP contribution in [0.25, 0.3) is 10.9 Å². The Bertz CT molecular complexity index is 1300. The Balaban J connectivity index is 1.27. The molecule has 0 radical (unpaired) electrons. The van der Waals surface area contributed by atoms with Crippen molar-refractivity contribution >= 4 is 22.4 Å². The van der Waals surface area contributed by atoms with Crippen LogP contribution in [-0.4, -0.2) is 41.2 Å². The Labute approximate surface area is 191 Å². The lowest BCUT2D eigenvalue weighted by molar-refractivity contribution is 0.0398. The third kappa shape index (κ3) is 3.89. The average Bonchev–Trinajstić information content (AvgIpc) is 2.88. The van der Waals surface area contributed by atoms with Gasteiger partial charge in [0.15, 0.2) is 0 Å². The first-order chi connectivity index (χ1) is 16.2. The lowest BCUT2D eigenvalue weighted by Crippen LogP contribution is -2.39. The summed E-state index contributed by atoms with van der Waals surface area (Å²) in [5, 5.41) is 0.740. The van der Waals surface area contributed by atoms with Crippen LogP contribution in [0.3, 0.4) is 0 Å². The van der Waals surface area contributed by atoms with Crippen molar-refractivity contribution in [3.8, 4) is 0 Å². The predicted octanol–water partition coefficient (Wildman–Crippen LogP) is 4.30. The molecule has 0 N–H and O–H groups in total. The van der Waals surface area contributed by atoms with E-state index in [0.29, 0.717) is 13.2 Å². The number of hydrogen-bond donors (Lipinski definition) is 0. The molecule has 0 unspecified atom stereocenters. The maximum atomic E-state index is 13.9. The van der Waals surface area contributed by atoms with Gasteiger partial charge in [-0.1, -0.05) is 30.3 Å². The number of aromatic nitrogens is 3. The molecule has 0 amide bonds. The zero-order chi connectivity index (χ0) is 22.2. The first-order valence-corrected chi connectivity index (χ1v) is 11.3. The molecule has 33 heavy (non-hydrogen) atoms.